The third-order valence-corrected chi connectivity index (χ3v) is 5.69. The van der Waals surface area contributed by atoms with Crippen molar-refractivity contribution in [1.29, 1.82) is 0 Å². The summed E-state index contributed by atoms with van der Waals surface area (Å²) >= 11 is 9.46. The minimum atomic E-state index is -0.567. The second-order valence-corrected chi connectivity index (χ2v) is 8.68. The molecule has 0 aliphatic rings. The van der Waals surface area contributed by atoms with Crippen LogP contribution in [0.25, 0.3) is 0 Å². The first-order valence-corrected chi connectivity index (χ1v) is 10.6. The van der Waals surface area contributed by atoms with Crippen LogP contribution in [0.15, 0.2) is 77.3 Å². The number of anilines is 1. The van der Waals surface area contributed by atoms with E-state index in [-0.39, 0.29) is 6.04 Å². The molecule has 0 fully saturated rings. The van der Waals surface area contributed by atoms with Crippen molar-refractivity contribution in [2.45, 2.75) is 38.3 Å². The third-order valence-electron chi connectivity index (χ3n) is 4.90. The maximum absolute atomic E-state index is 10.8. The van der Waals surface area contributed by atoms with E-state index in [0.717, 1.165) is 21.3 Å². The maximum Gasteiger partial charge on any atom is 0.0813 e. The van der Waals surface area contributed by atoms with Crippen LogP contribution in [0.4, 0.5) is 5.69 Å². The smallest absolute Gasteiger partial charge is 0.0813 e. The molecule has 2 atom stereocenters. The number of rotatable bonds is 7. The van der Waals surface area contributed by atoms with Crippen molar-refractivity contribution in [2.75, 3.05) is 5.32 Å². The lowest BCUT2D eigenvalue weighted by molar-refractivity contribution is 0.160. The second-order valence-electron chi connectivity index (χ2n) is 7.33. The van der Waals surface area contributed by atoms with Gasteiger partial charge in [-0.1, -0.05) is 77.8 Å². The molecule has 3 aromatic rings. The molecule has 4 heteroatoms. The van der Waals surface area contributed by atoms with Gasteiger partial charge in [-0.3, -0.25) is 0 Å². The highest BCUT2D eigenvalue weighted by molar-refractivity contribution is 9.10. The summed E-state index contributed by atoms with van der Waals surface area (Å²) in [5, 5.41) is 15.1. The number of halogens is 2. The molecule has 2 unspecified atom stereocenters. The summed E-state index contributed by atoms with van der Waals surface area (Å²) in [6, 6.07) is 24.1. The average molecular weight is 459 g/mol. The van der Waals surface area contributed by atoms with Gasteiger partial charge in [0, 0.05) is 21.6 Å². The average Bonchev–Trinajstić information content (AvgIpc) is 2.69. The van der Waals surface area contributed by atoms with Crippen LogP contribution < -0.4 is 5.32 Å². The predicted molar refractivity (Wildman–Crippen MR) is 122 cm³/mol. The second kappa shape index (κ2) is 9.60. The number of hydrogen-bond acceptors (Lipinski definition) is 2. The normalized spacial score (nSPS) is 13.4. The fourth-order valence-electron chi connectivity index (χ4n) is 3.18. The fraction of sp³-hybridized carbons (Fsp3) is 0.250. The van der Waals surface area contributed by atoms with E-state index in [1.54, 1.807) is 0 Å². The van der Waals surface area contributed by atoms with E-state index in [1.165, 1.54) is 5.56 Å². The highest BCUT2D eigenvalue weighted by Gasteiger charge is 2.18. The Morgan fingerprint density at radius 2 is 1.36 bits per heavy atom. The minimum Gasteiger partial charge on any atom is -0.388 e. The first kappa shape index (κ1) is 20.9. The van der Waals surface area contributed by atoms with Crippen LogP contribution in [0.1, 0.15) is 55.0 Å². The maximum atomic E-state index is 10.8. The summed E-state index contributed by atoms with van der Waals surface area (Å²) in [6.07, 6.45) is -0.00617. The molecule has 0 saturated carbocycles. The topological polar surface area (TPSA) is 32.3 Å². The quantitative estimate of drug-likeness (QED) is 0.384. The number of aliphatic hydroxyl groups is 1. The Kier molecular flexibility index (Phi) is 7.17. The van der Waals surface area contributed by atoms with Crippen molar-refractivity contribution < 1.29 is 5.11 Å². The zero-order valence-corrected chi connectivity index (χ0v) is 18.4. The van der Waals surface area contributed by atoms with Gasteiger partial charge in [-0.05, 0) is 59.0 Å². The van der Waals surface area contributed by atoms with Gasteiger partial charge in [-0.2, -0.15) is 0 Å². The SMILES string of the molecule is CC(C)c1ccc(C(CC(O)c2ccc(Br)cc2)Nc2ccc(Cl)cc2)cc1. The van der Waals surface area contributed by atoms with Crippen LogP contribution in [-0.2, 0) is 0 Å². The van der Waals surface area contributed by atoms with E-state index in [1.807, 2.05) is 48.5 Å². The molecule has 0 spiro atoms. The number of hydrogen-bond donors (Lipinski definition) is 2. The molecule has 0 aromatic heterocycles. The minimum absolute atomic E-state index is 0.0268. The molecule has 28 heavy (non-hydrogen) atoms. The van der Waals surface area contributed by atoms with Crippen molar-refractivity contribution in [3.63, 3.8) is 0 Å². The monoisotopic (exact) mass is 457 g/mol. The molecule has 0 heterocycles. The van der Waals surface area contributed by atoms with Crippen LogP contribution in [-0.4, -0.2) is 5.11 Å². The molecule has 0 aliphatic carbocycles. The molecular weight excluding hydrogens is 434 g/mol. The van der Waals surface area contributed by atoms with Crippen molar-refractivity contribution >= 4 is 33.2 Å². The third kappa shape index (κ3) is 5.60. The lowest BCUT2D eigenvalue weighted by atomic mass is 9.94. The molecule has 0 radical (unpaired) electrons. The van der Waals surface area contributed by atoms with Gasteiger partial charge in [0.1, 0.15) is 0 Å². The van der Waals surface area contributed by atoms with Gasteiger partial charge in [0.15, 0.2) is 0 Å². The van der Waals surface area contributed by atoms with E-state index >= 15 is 0 Å². The molecule has 0 aliphatic heterocycles. The van der Waals surface area contributed by atoms with E-state index in [4.69, 9.17) is 11.6 Å². The molecule has 146 valence electrons. The highest BCUT2D eigenvalue weighted by Crippen LogP contribution is 2.31. The van der Waals surface area contributed by atoms with Gasteiger partial charge in [-0.25, -0.2) is 0 Å². The van der Waals surface area contributed by atoms with Crippen molar-refractivity contribution in [3.05, 3.63) is 99.0 Å². The number of benzene rings is 3. The van der Waals surface area contributed by atoms with Crippen LogP contribution >= 0.6 is 27.5 Å². The Labute approximate surface area is 180 Å². The molecule has 0 amide bonds. The summed E-state index contributed by atoms with van der Waals surface area (Å²) in [4.78, 5) is 0. The Morgan fingerprint density at radius 3 is 1.93 bits per heavy atom. The van der Waals surface area contributed by atoms with Crippen molar-refractivity contribution in [1.82, 2.24) is 0 Å². The van der Waals surface area contributed by atoms with E-state index in [0.29, 0.717) is 17.4 Å². The fourth-order valence-corrected chi connectivity index (χ4v) is 3.57. The Bertz CT molecular complexity index is 876. The molecule has 2 nitrogen and oxygen atoms in total. The predicted octanol–water partition coefficient (Wildman–Crippen LogP) is 7.50. The van der Waals surface area contributed by atoms with Crippen LogP contribution in [0, 0.1) is 0 Å². The van der Waals surface area contributed by atoms with Gasteiger partial charge in [0.2, 0.25) is 0 Å². The molecule has 3 rings (SSSR count). The summed E-state index contributed by atoms with van der Waals surface area (Å²) in [5.74, 6) is 0.491. The summed E-state index contributed by atoms with van der Waals surface area (Å²) in [5.41, 5.74) is 4.34. The Morgan fingerprint density at radius 1 is 0.821 bits per heavy atom. The zero-order valence-electron chi connectivity index (χ0n) is 16.1. The van der Waals surface area contributed by atoms with Gasteiger partial charge in [0.25, 0.3) is 0 Å². The van der Waals surface area contributed by atoms with Gasteiger partial charge < -0.3 is 10.4 Å². The number of aliphatic hydroxyl groups excluding tert-OH is 1. The first-order valence-electron chi connectivity index (χ1n) is 9.48. The van der Waals surface area contributed by atoms with Gasteiger partial charge in [-0.15, -0.1) is 0 Å². The zero-order chi connectivity index (χ0) is 20.1. The molecule has 3 aromatic carbocycles. The lowest BCUT2D eigenvalue weighted by Gasteiger charge is -2.24. The van der Waals surface area contributed by atoms with Crippen LogP contribution in [0.3, 0.4) is 0 Å². The molecule has 0 bridgehead atoms. The lowest BCUT2D eigenvalue weighted by Crippen LogP contribution is -2.15. The largest absolute Gasteiger partial charge is 0.388 e. The first-order chi connectivity index (χ1) is 13.4. The summed E-state index contributed by atoms with van der Waals surface area (Å²) in [7, 11) is 0. The van der Waals surface area contributed by atoms with Gasteiger partial charge >= 0.3 is 0 Å². The molecular formula is C24H25BrClNO. The standard InChI is InChI=1S/C24H25BrClNO/c1-16(2)17-3-5-18(6-4-17)23(27-22-13-11-21(26)12-14-22)15-24(28)19-7-9-20(25)10-8-19/h3-14,16,23-24,27-28H,15H2,1-2H3. The Balaban J connectivity index is 1.84. The van der Waals surface area contributed by atoms with E-state index < -0.39 is 6.10 Å². The Hall–Kier alpha value is -1.81. The molecule has 2 N–H and O–H groups in total. The van der Waals surface area contributed by atoms with Crippen molar-refractivity contribution in [3.8, 4) is 0 Å². The van der Waals surface area contributed by atoms with Crippen LogP contribution in [0.5, 0.6) is 0 Å². The summed E-state index contributed by atoms with van der Waals surface area (Å²) < 4.78 is 1.00. The van der Waals surface area contributed by atoms with Crippen molar-refractivity contribution in [2.24, 2.45) is 0 Å². The highest BCUT2D eigenvalue weighted by atomic mass is 79.9. The van der Waals surface area contributed by atoms with E-state index in [2.05, 4.69) is 59.4 Å². The van der Waals surface area contributed by atoms with E-state index in [9.17, 15) is 5.11 Å². The molecule has 0 saturated heterocycles. The van der Waals surface area contributed by atoms with Gasteiger partial charge in [0.05, 0.1) is 12.1 Å². The van der Waals surface area contributed by atoms with Crippen LogP contribution in [0.2, 0.25) is 5.02 Å². The number of nitrogens with one attached hydrogen (secondary N) is 1. The summed E-state index contributed by atoms with van der Waals surface area (Å²) in [6.45, 7) is 4.38.